The van der Waals surface area contributed by atoms with Gasteiger partial charge >= 0.3 is 0 Å². The Hall–Kier alpha value is -2.98. The van der Waals surface area contributed by atoms with Crippen LogP contribution in [0.4, 0.5) is 0 Å². The summed E-state index contributed by atoms with van der Waals surface area (Å²) in [5.41, 5.74) is 1.86. The van der Waals surface area contributed by atoms with Crippen LogP contribution in [-0.4, -0.2) is 34.7 Å². The van der Waals surface area contributed by atoms with Gasteiger partial charge in [0.25, 0.3) is 0 Å². The van der Waals surface area contributed by atoms with E-state index in [0.717, 1.165) is 33.7 Å². The smallest absolute Gasteiger partial charge is 0.196 e. The number of nitriles is 1. The Labute approximate surface area is 156 Å². The van der Waals surface area contributed by atoms with Crippen LogP contribution in [0.15, 0.2) is 53.7 Å². The molecule has 0 radical (unpaired) electrons. The van der Waals surface area contributed by atoms with E-state index in [1.165, 1.54) is 11.8 Å². The van der Waals surface area contributed by atoms with E-state index in [-0.39, 0.29) is 0 Å². The van der Waals surface area contributed by atoms with Crippen molar-refractivity contribution >= 4 is 11.8 Å². The molecule has 0 aliphatic rings. The van der Waals surface area contributed by atoms with Crippen molar-refractivity contribution < 1.29 is 9.47 Å². The Kier molecular flexibility index (Phi) is 5.77. The molecule has 0 amide bonds. The second-order valence-corrected chi connectivity index (χ2v) is 6.39. The molecule has 0 aliphatic heterocycles. The molecule has 26 heavy (non-hydrogen) atoms. The Morgan fingerprint density at radius 3 is 2.15 bits per heavy atom. The third kappa shape index (κ3) is 3.81. The van der Waals surface area contributed by atoms with Crippen molar-refractivity contribution in [2.75, 3.05) is 20.0 Å². The molecule has 0 N–H and O–H groups in total. The lowest BCUT2D eigenvalue weighted by Gasteiger charge is -2.11. The first-order valence-electron chi connectivity index (χ1n) is 8.01. The van der Waals surface area contributed by atoms with E-state index in [1.54, 1.807) is 14.2 Å². The number of nitrogens with zero attached hydrogens (tertiary/aromatic N) is 4. The summed E-state index contributed by atoms with van der Waals surface area (Å²) in [5.74, 6) is 2.96. The number of hydrogen-bond donors (Lipinski definition) is 0. The molecule has 3 aromatic rings. The van der Waals surface area contributed by atoms with Crippen LogP contribution in [0.3, 0.4) is 0 Å². The van der Waals surface area contributed by atoms with Crippen molar-refractivity contribution in [1.29, 1.82) is 5.26 Å². The molecule has 6 nitrogen and oxygen atoms in total. The molecule has 0 saturated heterocycles. The van der Waals surface area contributed by atoms with E-state index < -0.39 is 0 Å². The zero-order chi connectivity index (χ0) is 18.4. The van der Waals surface area contributed by atoms with Crippen molar-refractivity contribution in [2.24, 2.45) is 0 Å². The number of methoxy groups -OCH3 is 2. The summed E-state index contributed by atoms with van der Waals surface area (Å²) in [7, 11) is 3.28. The third-order valence-electron chi connectivity index (χ3n) is 3.76. The monoisotopic (exact) mass is 366 g/mol. The largest absolute Gasteiger partial charge is 0.497 e. The molecule has 0 atom stereocenters. The van der Waals surface area contributed by atoms with E-state index in [4.69, 9.17) is 14.7 Å². The highest BCUT2D eigenvalue weighted by Gasteiger charge is 2.16. The Balaban J connectivity index is 2.03. The number of benzene rings is 2. The lowest BCUT2D eigenvalue weighted by atomic mass is 10.2. The second-order valence-electron chi connectivity index (χ2n) is 5.32. The van der Waals surface area contributed by atoms with Gasteiger partial charge in [-0.2, -0.15) is 5.26 Å². The van der Waals surface area contributed by atoms with Crippen LogP contribution in [0, 0.1) is 11.3 Å². The average molecular weight is 366 g/mol. The first-order chi connectivity index (χ1) is 12.8. The lowest BCUT2D eigenvalue weighted by molar-refractivity contribution is 0.414. The van der Waals surface area contributed by atoms with Crippen molar-refractivity contribution in [1.82, 2.24) is 14.8 Å². The minimum Gasteiger partial charge on any atom is -0.497 e. The minimum absolute atomic E-state index is 0.456. The zero-order valence-electron chi connectivity index (χ0n) is 14.5. The average Bonchev–Trinajstić information content (AvgIpc) is 3.12. The lowest BCUT2D eigenvalue weighted by Crippen LogP contribution is -2.00. The van der Waals surface area contributed by atoms with Gasteiger partial charge in [-0.05, 0) is 48.5 Å². The van der Waals surface area contributed by atoms with E-state index in [0.29, 0.717) is 12.2 Å². The third-order valence-corrected chi connectivity index (χ3v) is 4.69. The highest BCUT2D eigenvalue weighted by Crippen LogP contribution is 2.30. The molecule has 0 unspecified atom stereocenters. The predicted octanol–water partition coefficient (Wildman–Crippen LogP) is 3.96. The van der Waals surface area contributed by atoms with Crippen LogP contribution >= 0.6 is 11.8 Å². The summed E-state index contributed by atoms with van der Waals surface area (Å²) in [6, 6.07) is 17.6. The first kappa shape index (κ1) is 17.8. The second kappa shape index (κ2) is 8.41. The Morgan fingerprint density at radius 2 is 1.58 bits per heavy atom. The van der Waals surface area contributed by atoms with Crippen molar-refractivity contribution in [3.63, 3.8) is 0 Å². The van der Waals surface area contributed by atoms with Gasteiger partial charge in [-0.15, -0.1) is 10.2 Å². The highest BCUT2D eigenvalue weighted by atomic mass is 32.2. The molecule has 0 spiro atoms. The van der Waals surface area contributed by atoms with E-state index in [2.05, 4.69) is 16.3 Å². The number of aromatic nitrogens is 3. The van der Waals surface area contributed by atoms with Crippen molar-refractivity contribution in [3.05, 3.63) is 48.5 Å². The maximum atomic E-state index is 8.79. The molecule has 7 heteroatoms. The molecule has 0 saturated carbocycles. The molecular formula is C19H18N4O2S. The van der Waals surface area contributed by atoms with Crippen molar-refractivity contribution in [3.8, 4) is 34.6 Å². The van der Waals surface area contributed by atoms with Gasteiger partial charge in [0.15, 0.2) is 11.0 Å². The molecule has 2 aromatic carbocycles. The summed E-state index contributed by atoms with van der Waals surface area (Å²) >= 11 is 1.51. The number of ether oxygens (including phenoxy) is 2. The van der Waals surface area contributed by atoms with Gasteiger partial charge in [-0.3, -0.25) is 4.57 Å². The van der Waals surface area contributed by atoms with E-state index >= 15 is 0 Å². The SMILES string of the molecule is COc1ccc(-c2nnc(SCCC#N)n2-c2ccc(OC)cc2)cc1. The van der Waals surface area contributed by atoms with Crippen LogP contribution in [0.1, 0.15) is 6.42 Å². The Bertz CT molecular complexity index is 899. The molecule has 3 rings (SSSR count). The molecular weight excluding hydrogens is 348 g/mol. The van der Waals surface area contributed by atoms with Crippen LogP contribution in [0.5, 0.6) is 11.5 Å². The summed E-state index contributed by atoms with van der Waals surface area (Å²) in [6.45, 7) is 0. The maximum absolute atomic E-state index is 8.79. The molecule has 0 fully saturated rings. The van der Waals surface area contributed by atoms with Gasteiger partial charge in [0.2, 0.25) is 0 Å². The molecule has 0 aliphatic carbocycles. The fourth-order valence-electron chi connectivity index (χ4n) is 2.44. The zero-order valence-corrected chi connectivity index (χ0v) is 15.4. The fourth-order valence-corrected chi connectivity index (χ4v) is 3.24. The van der Waals surface area contributed by atoms with E-state index in [1.807, 2.05) is 53.1 Å². The number of hydrogen-bond acceptors (Lipinski definition) is 6. The van der Waals surface area contributed by atoms with Gasteiger partial charge in [0.1, 0.15) is 11.5 Å². The molecule has 132 valence electrons. The van der Waals surface area contributed by atoms with E-state index in [9.17, 15) is 0 Å². The summed E-state index contributed by atoms with van der Waals surface area (Å²) in [5, 5.41) is 18.2. The molecule has 1 aromatic heterocycles. The minimum atomic E-state index is 0.456. The topological polar surface area (TPSA) is 73.0 Å². The Morgan fingerprint density at radius 1 is 0.962 bits per heavy atom. The van der Waals surface area contributed by atoms with Gasteiger partial charge in [-0.25, -0.2) is 0 Å². The van der Waals surface area contributed by atoms with Crippen LogP contribution in [0.2, 0.25) is 0 Å². The van der Waals surface area contributed by atoms with Crippen molar-refractivity contribution in [2.45, 2.75) is 11.6 Å². The molecule has 0 bridgehead atoms. The van der Waals surface area contributed by atoms with Crippen LogP contribution in [-0.2, 0) is 0 Å². The quantitative estimate of drug-likeness (QED) is 0.465. The van der Waals surface area contributed by atoms with Crippen LogP contribution < -0.4 is 9.47 Å². The van der Waals surface area contributed by atoms with Crippen LogP contribution in [0.25, 0.3) is 17.1 Å². The van der Waals surface area contributed by atoms with Gasteiger partial charge in [0, 0.05) is 23.4 Å². The summed E-state index contributed by atoms with van der Waals surface area (Å²) < 4.78 is 12.5. The molecule has 1 heterocycles. The standard InChI is InChI=1S/C19H18N4O2S/c1-24-16-8-4-14(5-9-16)18-21-22-19(26-13-3-12-20)23(18)15-6-10-17(25-2)11-7-15/h4-11H,3,13H2,1-2H3. The number of thioether (sulfide) groups is 1. The van der Waals surface area contributed by atoms with Gasteiger partial charge in [0.05, 0.1) is 20.3 Å². The normalized spacial score (nSPS) is 10.3. The first-order valence-corrected chi connectivity index (χ1v) is 8.99. The van der Waals surface area contributed by atoms with Gasteiger partial charge < -0.3 is 9.47 Å². The predicted molar refractivity (Wildman–Crippen MR) is 101 cm³/mol. The summed E-state index contributed by atoms with van der Waals surface area (Å²) in [6.07, 6.45) is 0.456. The summed E-state index contributed by atoms with van der Waals surface area (Å²) in [4.78, 5) is 0. The highest BCUT2D eigenvalue weighted by molar-refractivity contribution is 7.99. The number of rotatable bonds is 7. The maximum Gasteiger partial charge on any atom is 0.196 e. The fraction of sp³-hybridized carbons (Fsp3) is 0.211. The van der Waals surface area contributed by atoms with Gasteiger partial charge in [-0.1, -0.05) is 11.8 Å².